The second-order valence-electron chi connectivity index (χ2n) is 8.05. The first-order valence-electron chi connectivity index (χ1n) is 10.5. The van der Waals surface area contributed by atoms with Crippen molar-refractivity contribution in [2.75, 3.05) is 11.9 Å². The van der Waals surface area contributed by atoms with Crippen molar-refractivity contribution in [1.82, 2.24) is 0 Å². The summed E-state index contributed by atoms with van der Waals surface area (Å²) in [5, 5.41) is 3.21. The van der Waals surface area contributed by atoms with Gasteiger partial charge in [0.2, 0.25) is 0 Å². The molecule has 6 nitrogen and oxygen atoms in total. The molecule has 0 aliphatic heterocycles. The fourth-order valence-corrected chi connectivity index (χ4v) is 3.66. The Hall–Kier alpha value is -3.26. The molecule has 0 radical (unpaired) electrons. The Morgan fingerprint density at radius 2 is 1.94 bits per heavy atom. The summed E-state index contributed by atoms with van der Waals surface area (Å²) in [6, 6.07) is 11.8. The van der Waals surface area contributed by atoms with Crippen LogP contribution in [0.15, 0.2) is 51.7 Å². The molecule has 1 saturated carbocycles. The van der Waals surface area contributed by atoms with Gasteiger partial charge in [-0.1, -0.05) is 25.5 Å². The number of alkyl halides is 2. The van der Waals surface area contributed by atoms with E-state index in [-0.39, 0.29) is 22.4 Å². The molecule has 1 aromatic heterocycles. The lowest BCUT2D eigenvalue weighted by Gasteiger charge is -2.13. The van der Waals surface area contributed by atoms with Gasteiger partial charge in [0.15, 0.2) is 0 Å². The molecule has 32 heavy (non-hydrogen) atoms. The van der Waals surface area contributed by atoms with Gasteiger partial charge in [0, 0.05) is 22.2 Å². The molecule has 168 valence electrons. The van der Waals surface area contributed by atoms with Gasteiger partial charge in [-0.2, -0.15) is 0 Å². The number of anilines is 1. The second kappa shape index (κ2) is 8.70. The summed E-state index contributed by atoms with van der Waals surface area (Å²) in [5.41, 5.74) is 7.25. The van der Waals surface area contributed by atoms with Gasteiger partial charge in [0.05, 0.1) is 0 Å². The fourth-order valence-electron chi connectivity index (χ4n) is 3.66. The van der Waals surface area contributed by atoms with Crippen LogP contribution in [0.25, 0.3) is 11.0 Å². The number of aryl methyl sites for hydroxylation is 1. The number of rotatable bonds is 8. The molecule has 2 aromatic carbocycles. The van der Waals surface area contributed by atoms with Crippen LogP contribution in [0.2, 0.25) is 0 Å². The standard InChI is InChI=1S/C24H24F2N2O4/c1-2-3-17-19(31-13-20(25)26)9-4-14-12-18(23(30)32-21(14)17)22(29)28-16-7-5-15(6-8-16)24(27)10-11-24/h4-9,12,20H,2-3,10-11,13,27H2,1H3,(H,28,29). The van der Waals surface area contributed by atoms with Crippen molar-refractivity contribution in [1.29, 1.82) is 0 Å². The summed E-state index contributed by atoms with van der Waals surface area (Å²) in [6.45, 7) is 1.16. The van der Waals surface area contributed by atoms with Crippen molar-refractivity contribution >= 4 is 22.6 Å². The number of carbonyl (C=O) groups excluding carboxylic acids is 1. The van der Waals surface area contributed by atoms with Gasteiger partial charge < -0.3 is 20.2 Å². The lowest BCUT2D eigenvalue weighted by atomic mass is 10.0. The third-order valence-corrected chi connectivity index (χ3v) is 5.58. The average molecular weight is 442 g/mol. The number of nitrogens with two attached hydrogens (primary N) is 1. The molecule has 3 N–H and O–H groups in total. The van der Waals surface area contributed by atoms with Gasteiger partial charge in [-0.05, 0) is 55.2 Å². The lowest BCUT2D eigenvalue weighted by Crippen LogP contribution is -2.21. The Morgan fingerprint density at radius 1 is 1.22 bits per heavy atom. The highest BCUT2D eigenvalue weighted by atomic mass is 19.3. The minimum atomic E-state index is -2.62. The Kier molecular flexibility index (Phi) is 5.97. The molecule has 3 aromatic rings. The van der Waals surface area contributed by atoms with Crippen LogP contribution in [0.5, 0.6) is 5.75 Å². The molecule has 8 heteroatoms. The van der Waals surface area contributed by atoms with E-state index in [2.05, 4.69) is 5.32 Å². The molecule has 1 amide bonds. The third-order valence-electron chi connectivity index (χ3n) is 5.58. The monoisotopic (exact) mass is 442 g/mol. The molecule has 1 aliphatic rings. The number of fused-ring (bicyclic) bond motifs is 1. The number of benzene rings is 2. The highest BCUT2D eigenvalue weighted by Crippen LogP contribution is 2.42. The van der Waals surface area contributed by atoms with E-state index in [4.69, 9.17) is 14.9 Å². The summed E-state index contributed by atoms with van der Waals surface area (Å²) in [5.74, 6) is -0.356. The molecular formula is C24H24F2N2O4. The van der Waals surface area contributed by atoms with Crippen molar-refractivity contribution in [2.24, 2.45) is 5.73 Å². The molecule has 0 saturated heterocycles. The molecule has 0 atom stereocenters. The van der Waals surface area contributed by atoms with Gasteiger partial charge in [-0.3, -0.25) is 4.79 Å². The molecule has 0 bridgehead atoms. The molecular weight excluding hydrogens is 418 g/mol. The van der Waals surface area contributed by atoms with E-state index in [1.165, 1.54) is 6.07 Å². The van der Waals surface area contributed by atoms with E-state index >= 15 is 0 Å². The Bertz CT molecular complexity index is 1200. The molecule has 1 aliphatic carbocycles. The minimum absolute atomic E-state index is 0.150. The van der Waals surface area contributed by atoms with Crippen molar-refractivity contribution in [3.05, 3.63) is 69.6 Å². The van der Waals surface area contributed by atoms with Crippen LogP contribution in [0, 0.1) is 0 Å². The van der Waals surface area contributed by atoms with E-state index in [1.807, 2.05) is 19.1 Å². The van der Waals surface area contributed by atoms with Gasteiger partial charge in [-0.15, -0.1) is 0 Å². The summed E-state index contributed by atoms with van der Waals surface area (Å²) in [6.07, 6.45) is 0.416. The minimum Gasteiger partial charge on any atom is -0.487 e. The zero-order valence-electron chi connectivity index (χ0n) is 17.6. The summed E-state index contributed by atoms with van der Waals surface area (Å²) in [7, 11) is 0. The van der Waals surface area contributed by atoms with Crippen LogP contribution in [0.4, 0.5) is 14.5 Å². The molecule has 1 fully saturated rings. The quantitative estimate of drug-likeness (QED) is 0.498. The van der Waals surface area contributed by atoms with Crippen LogP contribution in [0.1, 0.15) is 47.7 Å². The van der Waals surface area contributed by atoms with Gasteiger partial charge in [0.25, 0.3) is 12.3 Å². The van der Waals surface area contributed by atoms with E-state index < -0.39 is 24.6 Å². The summed E-state index contributed by atoms with van der Waals surface area (Å²) >= 11 is 0. The van der Waals surface area contributed by atoms with E-state index in [1.54, 1.807) is 24.3 Å². The number of hydrogen-bond acceptors (Lipinski definition) is 5. The van der Waals surface area contributed by atoms with Crippen molar-refractivity contribution < 1.29 is 22.7 Å². The number of ether oxygens (including phenoxy) is 1. The zero-order valence-corrected chi connectivity index (χ0v) is 17.6. The first-order valence-corrected chi connectivity index (χ1v) is 10.5. The lowest BCUT2D eigenvalue weighted by molar-refractivity contribution is 0.0814. The first kappa shape index (κ1) is 22.0. The van der Waals surface area contributed by atoms with E-state index in [0.717, 1.165) is 18.4 Å². The van der Waals surface area contributed by atoms with Crippen molar-refractivity contribution in [3.63, 3.8) is 0 Å². The largest absolute Gasteiger partial charge is 0.487 e. The Morgan fingerprint density at radius 3 is 2.56 bits per heavy atom. The highest BCUT2D eigenvalue weighted by molar-refractivity contribution is 6.05. The van der Waals surface area contributed by atoms with Crippen LogP contribution < -0.4 is 21.4 Å². The Balaban J connectivity index is 1.61. The number of halogens is 2. The van der Waals surface area contributed by atoms with E-state index in [0.29, 0.717) is 29.5 Å². The van der Waals surface area contributed by atoms with Crippen LogP contribution >= 0.6 is 0 Å². The maximum Gasteiger partial charge on any atom is 0.349 e. The third kappa shape index (κ3) is 4.50. The second-order valence-corrected chi connectivity index (χ2v) is 8.05. The van der Waals surface area contributed by atoms with Gasteiger partial charge in [0.1, 0.15) is 23.5 Å². The maximum absolute atomic E-state index is 12.7. The van der Waals surface area contributed by atoms with Gasteiger partial charge >= 0.3 is 5.63 Å². The molecule has 0 unspecified atom stereocenters. The number of nitrogens with one attached hydrogen (secondary N) is 1. The van der Waals surface area contributed by atoms with Crippen LogP contribution in [-0.4, -0.2) is 18.9 Å². The zero-order chi connectivity index (χ0) is 22.9. The normalized spacial score (nSPS) is 14.5. The van der Waals surface area contributed by atoms with Crippen molar-refractivity contribution in [2.45, 2.75) is 44.6 Å². The molecule has 1 heterocycles. The smallest absolute Gasteiger partial charge is 0.349 e. The van der Waals surface area contributed by atoms with Crippen molar-refractivity contribution in [3.8, 4) is 5.75 Å². The highest BCUT2D eigenvalue weighted by Gasteiger charge is 2.39. The first-order chi connectivity index (χ1) is 15.3. The summed E-state index contributed by atoms with van der Waals surface area (Å²) < 4.78 is 35.8. The molecule has 0 spiro atoms. The number of hydrogen-bond donors (Lipinski definition) is 2. The number of amides is 1. The summed E-state index contributed by atoms with van der Waals surface area (Å²) in [4.78, 5) is 25.3. The number of carbonyl (C=O) groups is 1. The maximum atomic E-state index is 12.7. The van der Waals surface area contributed by atoms with Crippen LogP contribution in [0.3, 0.4) is 0 Å². The predicted molar refractivity (Wildman–Crippen MR) is 117 cm³/mol. The fraction of sp³-hybridized carbons (Fsp3) is 0.333. The van der Waals surface area contributed by atoms with Crippen LogP contribution in [-0.2, 0) is 12.0 Å². The predicted octanol–water partition coefficient (Wildman–Crippen LogP) is 4.59. The van der Waals surface area contributed by atoms with E-state index in [9.17, 15) is 18.4 Å². The Labute approximate surface area is 183 Å². The average Bonchev–Trinajstić information content (AvgIpc) is 3.52. The van der Waals surface area contributed by atoms with Gasteiger partial charge in [-0.25, -0.2) is 13.6 Å². The SMILES string of the molecule is CCCc1c(OCC(F)F)ccc2cc(C(=O)Nc3ccc(C4(N)CC4)cc3)c(=O)oc12. The molecule has 4 rings (SSSR count). The topological polar surface area (TPSA) is 94.6 Å².